The van der Waals surface area contributed by atoms with Crippen molar-refractivity contribution < 1.29 is 14.8 Å². The summed E-state index contributed by atoms with van der Waals surface area (Å²) >= 11 is 3.10. The van der Waals surface area contributed by atoms with E-state index in [1.807, 2.05) is 0 Å². The molecule has 1 heterocycles. The van der Waals surface area contributed by atoms with Gasteiger partial charge in [0.05, 0.1) is 9.40 Å². The van der Waals surface area contributed by atoms with E-state index in [1.54, 1.807) is 0 Å². The summed E-state index contributed by atoms with van der Waals surface area (Å²) in [7, 11) is 1.46. The Morgan fingerprint density at radius 1 is 1.69 bits per heavy atom. The van der Waals surface area contributed by atoms with E-state index in [4.69, 9.17) is 5.11 Å². The highest BCUT2D eigenvalue weighted by atomic mass is 79.9. The summed E-state index contributed by atoms with van der Waals surface area (Å²) in [4.78, 5) is 25.6. The van der Waals surface area contributed by atoms with Crippen molar-refractivity contribution in [3.05, 3.63) is 27.0 Å². The number of carboxylic acids is 1. The second-order valence-electron chi connectivity index (χ2n) is 3.00. The summed E-state index contributed by atoms with van der Waals surface area (Å²) in [5.74, 6) is -1.07. The van der Waals surface area contributed by atoms with Gasteiger partial charge in [-0.15, -0.1) is 0 Å². The lowest BCUT2D eigenvalue weighted by atomic mass is 10.3. The van der Waals surface area contributed by atoms with Gasteiger partial charge in [0.15, 0.2) is 0 Å². The van der Waals surface area contributed by atoms with E-state index in [0.29, 0.717) is 4.47 Å². The zero-order valence-electron chi connectivity index (χ0n) is 8.25. The number of carbonyl (C=O) groups is 1. The Bertz CT molecular complexity index is 437. The van der Waals surface area contributed by atoms with Gasteiger partial charge in [0.25, 0.3) is 0 Å². The minimum atomic E-state index is -1.07. The van der Waals surface area contributed by atoms with Crippen LogP contribution in [0.25, 0.3) is 0 Å². The van der Waals surface area contributed by atoms with Crippen LogP contribution in [0.4, 0.5) is 11.4 Å². The van der Waals surface area contributed by atoms with Crippen molar-refractivity contribution in [1.82, 2.24) is 4.98 Å². The average Bonchev–Trinajstić information content (AvgIpc) is 2.15. The number of aromatic nitrogens is 1. The molecule has 0 aromatic carbocycles. The highest BCUT2D eigenvalue weighted by Crippen LogP contribution is 2.33. The van der Waals surface area contributed by atoms with Crippen LogP contribution in [0.1, 0.15) is 0 Å². The van der Waals surface area contributed by atoms with E-state index in [2.05, 4.69) is 20.9 Å². The molecule has 0 radical (unpaired) electrons. The van der Waals surface area contributed by atoms with Gasteiger partial charge in [-0.3, -0.25) is 19.9 Å². The van der Waals surface area contributed by atoms with Crippen LogP contribution in [0, 0.1) is 10.1 Å². The third-order valence-electron chi connectivity index (χ3n) is 1.80. The minimum Gasteiger partial charge on any atom is -0.480 e. The van der Waals surface area contributed by atoms with Gasteiger partial charge in [0.2, 0.25) is 0 Å². The zero-order valence-corrected chi connectivity index (χ0v) is 9.84. The van der Waals surface area contributed by atoms with Gasteiger partial charge in [-0.1, -0.05) is 0 Å². The Hall–Kier alpha value is -1.70. The van der Waals surface area contributed by atoms with Crippen molar-refractivity contribution in [3.8, 4) is 0 Å². The van der Waals surface area contributed by atoms with Crippen molar-refractivity contribution >= 4 is 33.3 Å². The van der Waals surface area contributed by atoms with E-state index in [0.717, 1.165) is 6.20 Å². The monoisotopic (exact) mass is 289 g/mol. The van der Waals surface area contributed by atoms with Crippen LogP contribution in [0.2, 0.25) is 0 Å². The van der Waals surface area contributed by atoms with Crippen LogP contribution < -0.4 is 4.90 Å². The van der Waals surface area contributed by atoms with Gasteiger partial charge < -0.3 is 10.0 Å². The SMILES string of the molecule is CN(CC(=O)O)c1c(Br)cncc1[N+](=O)[O-]. The van der Waals surface area contributed by atoms with Crippen molar-refractivity contribution in [1.29, 1.82) is 0 Å². The van der Waals surface area contributed by atoms with Crippen molar-refractivity contribution in [3.63, 3.8) is 0 Å². The summed E-state index contributed by atoms with van der Waals surface area (Å²) < 4.78 is 0.380. The molecule has 0 bridgehead atoms. The molecule has 0 saturated carbocycles. The molecule has 1 rings (SSSR count). The Morgan fingerprint density at radius 2 is 2.31 bits per heavy atom. The molecule has 86 valence electrons. The number of aliphatic carboxylic acids is 1. The normalized spacial score (nSPS) is 9.88. The molecule has 0 fully saturated rings. The highest BCUT2D eigenvalue weighted by molar-refractivity contribution is 9.10. The standard InChI is InChI=1S/C8H8BrN3O4/c1-11(4-7(13)14)8-5(9)2-10-3-6(8)12(15)16/h2-3H,4H2,1H3,(H,13,14). The van der Waals surface area contributed by atoms with E-state index >= 15 is 0 Å². The fourth-order valence-electron chi connectivity index (χ4n) is 1.21. The Kier molecular flexibility index (Phi) is 3.78. The summed E-state index contributed by atoms with van der Waals surface area (Å²) in [6, 6.07) is 0. The quantitative estimate of drug-likeness (QED) is 0.662. The second-order valence-corrected chi connectivity index (χ2v) is 3.85. The number of nitrogens with zero attached hydrogens (tertiary/aromatic N) is 3. The lowest BCUT2D eigenvalue weighted by molar-refractivity contribution is -0.384. The number of carboxylic acid groups (broad SMARTS) is 1. The Labute approximate surface area is 99.0 Å². The van der Waals surface area contributed by atoms with Crippen molar-refractivity contribution in [2.75, 3.05) is 18.5 Å². The van der Waals surface area contributed by atoms with Crippen LogP contribution in [-0.2, 0) is 4.79 Å². The van der Waals surface area contributed by atoms with Gasteiger partial charge >= 0.3 is 11.7 Å². The molecule has 0 aliphatic heterocycles. The summed E-state index contributed by atoms with van der Waals surface area (Å²) in [5, 5.41) is 19.4. The fourth-order valence-corrected chi connectivity index (χ4v) is 1.84. The molecule has 0 saturated heterocycles. The molecule has 0 unspecified atom stereocenters. The van der Waals surface area contributed by atoms with Crippen LogP contribution in [-0.4, -0.2) is 34.6 Å². The number of anilines is 1. The maximum absolute atomic E-state index is 10.7. The van der Waals surface area contributed by atoms with Gasteiger partial charge in [-0.05, 0) is 15.9 Å². The van der Waals surface area contributed by atoms with Crippen molar-refractivity contribution in [2.24, 2.45) is 0 Å². The predicted molar refractivity (Wildman–Crippen MR) is 59.5 cm³/mol. The third kappa shape index (κ3) is 2.66. The van der Waals surface area contributed by atoms with Gasteiger partial charge in [0.1, 0.15) is 18.4 Å². The zero-order chi connectivity index (χ0) is 12.3. The number of pyridine rings is 1. The Balaban J connectivity index is 3.19. The van der Waals surface area contributed by atoms with E-state index in [1.165, 1.54) is 18.1 Å². The number of hydrogen-bond acceptors (Lipinski definition) is 5. The van der Waals surface area contributed by atoms with Crippen molar-refractivity contribution in [2.45, 2.75) is 0 Å². The minimum absolute atomic E-state index is 0.197. The number of hydrogen-bond donors (Lipinski definition) is 1. The van der Waals surface area contributed by atoms with E-state index < -0.39 is 10.9 Å². The number of rotatable bonds is 4. The summed E-state index contributed by atoms with van der Waals surface area (Å²) in [6.45, 7) is -0.330. The highest BCUT2D eigenvalue weighted by Gasteiger charge is 2.21. The molecule has 0 aliphatic rings. The molecule has 8 heteroatoms. The van der Waals surface area contributed by atoms with Gasteiger partial charge in [-0.25, -0.2) is 0 Å². The largest absolute Gasteiger partial charge is 0.480 e. The first-order valence-corrected chi connectivity index (χ1v) is 4.93. The first kappa shape index (κ1) is 12.4. The fraction of sp³-hybridized carbons (Fsp3) is 0.250. The molecule has 0 aliphatic carbocycles. The van der Waals surface area contributed by atoms with E-state index in [-0.39, 0.29) is 17.9 Å². The second kappa shape index (κ2) is 4.88. The molecule has 1 aromatic rings. The number of likely N-dealkylation sites (N-methyl/N-ethyl adjacent to an activating group) is 1. The smallest absolute Gasteiger partial charge is 0.323 e. The van der Waals surface area contributed by atoms with Crippen LogP contribution in [0.3, 0.4) is 0 Å². The third-order valence-corrected chi connectivity index (χ3v) is 2.38. The molecule has 7 nitrogen and oxygen atoms in total. The maximum Gasteiger partial charge on any atom is 0.323 e. The first-order valence-electron chi connectivity index (χ1n) is 4.14. The first-order chi connectivity index (χ1) is 7.43. The molecular formula is C8H8BrN3O4. The van der Waals surface area contributed by atoms with Gasteiger partial charge in [0, 0.05) is 13.2 Å². The molecule has 0 atom stereocenters. The van der Waals surface area contributed by atoms with Crippen LogP contribution in [0.5, 0.6) is 0 Å². The summed E-state index contributed by atoms with van der Waals surface area (Å²) in [5.41, 5.74) is -0.0412. The summed E-state index contributed by atoms with van der Waals surface area (Å²) in [6.07, 6.45) is 2.46. The lowest BCUT2D eigenvalue weighted by Crippen LogP contribution is -2.26. The molecular weight excluding hydrogens is 282 g/mol. The topological polar surface area (TPSA) is 96.6 Å². The Morgan fingerprint density at radius 3 is 2.81 bits per heavy atom. The maximum atomic E-state index is 10.7. The number of nitro groups is 1. The molecule has 0 amide bonds. The molecule has 0 spiro atoms. The average molecular weight is 290 g/mol. The molecule has 1 N–H and O–H groups in total. The van der Waals surface area contributed by atoms with Crippen LogP contribution in [0.15, 0.2) is 16.9 Å². The molecule has 16 heavy (non-hydrogen) atoms. The lowest BCUT2D eigenvalue weighted by Gasteiger charge is -2.17. The van der Waals surface area contributed by atoms with Gasteiger partial charge in [-0.2, -0.15) is 0 Å². The predicted octanol–water partition coefficient (Wildman–Crippen LogP) is 1.27. The van der Waals surface area contributed by atoms with E-state index in [9.17, 15) is 14.9 Å². The molecule has 1 aromatic heterocycles. The number of halogens is 1. The van der Waals surface area contributed by atoms with Crippen LogP contribution >= 0.6 is 15.9 Å².